The Morgan fingerprint density at radius 1 is 1.45 bits per heavy atom. The molecule has 0 unspecified atom stereocenters. The van der Waals surface area contributed by atoms with Crippen LogP contribution in [0.3, 0.4) is 0 Å². The zero-order chi connectivity index (χ0) is 14.3. The summed E-state index contributed by atoms with van der Waals surface area (Å²) in [6.07, 6.45) is 1.77. The van der Waals surface area contributed by atoms with Gasteiger partial charge in [-0.2, -0.15) is 0 Å². The van der Waals surface area contributed by atoms with Gasteiger partial charge in [-0.15, -0.1) is 11.6 Å². The predicted molar refractivity (Wildman–Crippen MR) is 85.7 cm³/mol. The van der Waals surface area contributed by atoms with E-state index < -0.39 is 0 Å². The van der Waals surface area contributed by atoms with Crippen molar-refractivity contribution < 1.29 is 9.13 Å². The lowest BCUT2D eigenvalue weighted by Gasteiger charge is -2.36. The molecular weight excluding hydrogens is 394 g/mol. The monoisotopic (exact) mass is 408 g/mol. The number of benzene rings is 1. The van der Waals surface area contributed by atoms with Crippen molar-refractivity contribution in [3.8, 4) is 0 Å². The van der Waals surface area contributed by atoms with Crippen molar-refractivity contribution in [2.24, 2.45) is 0 Å². The summed E-state index contributed by atoms with van der Waals surface area (Å²) < 4.78 is 22.1. The minimum atomic E-state index is -0.212. The van der Waals surface area contributed by atoms with E-state index in [0.717, 1.165) is 29.7 Å². The van der Waals surface area contributed by atoms with E-state index in [4.69, 9.17) is 16.3 Å². The Hall–Kier alpha value is -0.400. The van der Waals surface area contributed by atoms with Crippen molar-refractivity contribution in [2.45, 2.75) is 31.2 Å². The van der Waals surface area contributed by atoms with Crippen LogP contribution in [-0.4, -0.2) is 22.8 Å². The minimum absolute atomic E-state index is 0.115. The molecule has 1 aromatic carbocycles. The molecule has 0 amide bonds. The first-order valence-corrected chi connectivity index (χ1v) is 8.17. The Morgan fingerprint density at radius 2 is 2.15 bits per heavy atom. The van der Waals surface area contributed by atoms with Crippen molar-refractivity contribution in [3.63, 3.8) is 0 Å². The van der Waals surface area contributed by atoms with Gasteiger partial charge in [0.2, 0.25) is 0 Å². The van der Waals surface area contributed by atoms with Gasteiger partial charge in [0.05, 0.1) is 20.5 Å². The van der Waals surface area contributed by atoms with Crippen molar-refractivity contribution in [3.05, 3.63) is 27.3 Å². The highest BCUT2D eigenvalue weighted by Crippen LogP contribution is 2.35. The third-order valence-electron chi connectivity index (χ3n) is 4.00. The number of aromatic nitrogens is 2. The molecule has 0 spiro atoms. The quantitative estimate of drug-likeness (QED) is 0.554. The third-order valence-corrected chi connectivity index (χ3v) is 5.06. The van der Waals surface area contributed by atoms with E-state index in [1.807, 2.05) is 22.6 Å². The standard InChI is InChI=1S/C14H15ClFIN2O/c1-14(2-4-20-5-3-14)19-12-6-9(16)10(17)7-11(12)18-13(19)8-15/h6-7H,2-5,8H2,1H3. The second-order valence-corrected chi connectivity index (χ2v) is 6.79. The summed E-state index contributed by atoms with van der Waals surface area (Å²) in [6, 6.07) is 3.35. The number of alkyl halides is 1. The lowest BCUT2D eigenvalue weighted by molar-refractivity contribution is 0.0302. The summed E-state index contributed by atoms with van der Waals surface area (Å²) in [5.41, 5.74) is 1.51. The highest BCUT2D eigenvalue weighted by molar-refractivity contribution is 14.1. The Labute approximate surface area is 135 Å². The molecule has 0 radical (unpaired) electrons. The molecule has 0 bridgehead atoms. The Kier molecular flexibility index (Phi) is 3.94. The summed E-state index contributed by atoms with van der Waals surface area (Å²) in [4.78, 5) is 4.57. The van der Waals surface area contributed by atoms with Gasteiger partial charge in [0.15, 0.2) is 0 Å². The molecule has 0 atom stereocenters. The topological polar surface area (TPSA) is 27.1 Å². The second kappa shape index (κ2) is 5.42. The Morgan fingerprint density at radius 3 is 2.80 bits per heavy atom. The van der Waals surface area contributed by atoms with E-state index in [0.29, 0.717) is 22.7 Å². The van der Waals surface area contributed by atoms with Gasteiger partial charge in [-0.25, -0.2) is 9.37 Å². The normalized spacial score (nSPS) is 18.6. The highest BCUT2D eigenvalue weighted by Gasteiger charge is 2.33. The molecule has 1 aromatic heterocycles. The molecule has 20 heavy (non-hydrogen) atoms. The summed E-state index contributed by atoms with van der Waals surface area (Å²) in [5.74, 6) is 0.909. The molecule has 6 heteroatoms. The number of ether oxygens (including phenoxy) is 1. The first-order valence-electron chi connectivity index (χ1n) is 6.56. The molecule has 3 rings (SSSR count). The molecule has 1 aliphatic heterocycles. The number of fused-ring (bicyclic) bond motifs is 1. The van der Waals surface area contributed by atoms with E-state index in [1.165, 1.54) is 0 Å². The van der Waals surface area contributed by atoms with E-state index in [-0.39, 0.29) is 11.4 Å². The molecule has 108 valence electrons. The molecule has 2 aromatic rings. The fourth-order valence-electron chi connectivity index (χ4n) is 2.85. The van der Waals surface area contributed by atoms with Crippen LogP contribution in [0.2, 0.25) is 0 Å². The average Bonchev–Trinajstić information content (AvgIpc) is 2.78. The Balaban J connectivity index is 2.24. The van der Waals surface area contributed by atoms with Gasteiger partial charge < -0.3 is 9.30 Å². The van der Waals surface area contributed by atoms with E-state index in [2.05, 4.69) is 16.5 Å². The van der Waals surface area contributed by atoms with Gasteiger partial charge in [-0.05, 0) is 48.4 Å². The number of imidazole rings is 1. The molecule has 0 aliphatic carbocycles. The summed E-state index contributed by atoms with van der Waals surface area (Å²) in [7, 11) is 0. The van der Waals surface area contributed by atoms with Gasteiger partial charge in [0.25, 0.3) is 0 Å². The summed E-state index contributed by atoms with van der Waals surface area (Å²) in [6.45, 7) is 3.60. The van der Waals surface area contributed by atoms with E-state index in [1.54, 1.807) is 12.1 Å². The molecule has 1 aliphatic rings. The minimum Gasteiger partial charge on any atom is -0.381 e. The van der Waals surface area contributed by atoms with Crippen LogP contribution in [0.15, 0.2) is 12.1 Å². The van der Waals surface area contributed by atoms with Crippen LogP contribution < -0.4 is 0 Å². The van der Waals surface area contributed by atoms with E-state index >= 15 is 0 Å². The van der Waals surface area contributed by atoms with Gasteiger partial charge >= 0.3 is 0 Å². The molecular formula is C14H15ClFIN2O. The lowest BCUT2D eigenvalue weighted by atomic mass is 9.91. The van der Waals surface area contributed by atoms with Crippen LogP contribution in [0.1, 0.15) is 25.6 Å². The zero-order valence-corrected chi connectivity index (χ0v) is 14.0. The maximum Gasteiger partial charge on any atom is 0.138 e. The first-order chi connectivity index (χ1) is 9.55. The van der Waals surface area contributed by atoms with Crippen LogP contribution in [0.4, 0.5) is 4.39 Å². The molecule has 1 fully saturated rings. The maximum absolute atomic E-state index is 13.9. The average molecular weight is 409 g/mol. The fraction of sp³-hybridized carbons (Fsp3) is 0.500. The van der Waals surface area contributed by atoms with Crippen LogP contribution >= 0.6 is 34.2 Å². The molecule has 2 heterocycles. The van der Waals surface area contributed by atoms with Crippen LogP contribution in [0.5, 0.6) is 0 Å². The zero-order valence-electron chi connectivity index (χ0n) is 11.1. The van der Waals surface area contributed by atoms with Crippen LogP contribution in [0, 0.1) is 9.39 Å². The van der Waals surface area contributed by atoms with Gasteiger partial charge in [-0.3, -0.25) is 0 Å². The van der Waals surface area contributed by atoms with Crippen molar-refractivity contribution in [1.82, 2.24) is 9.55 Å². The molecule has 0 saturated carbocycles. The maximum atomic E-state index is 13.9. The van der Waals surface area contributed by atoms with Gasteiger partial charge in [-0.1, -0.05) is 0 Å². The summed E-state index contributed by atoms with van der Waals surface area (Å²) in [5, 5.41) is 0. The SMILES string of the molecule is CC1(n2c(CCl)nc3cc(I)c(F)cc32)CCOCC1. The largest absolute Gasteiger partial charge is 0.381 e. The van der Waals surface area contributed by atoms with E-state index in [9.17, 15) is 4.39 Å². The second-order valence-electron chi connectivity index (χ2n) is 5.36. The van der Waals surface area contributed by atoms with Crippen molar-refractivity contribution in [1.29, 1.82) is 0 Å². The van der Waals surface area contributed by atoms with Crippen molar-refractivity contribution >= 4 is 45.2 Å². The van der Waals surface area contributed by atoms with Gasteiger partial charge in [0.1, 0.15) is 11.6 Å². The smallest absolute Gasteiger partial charge is 0.138 e. The van der Waals surface area contributed by atoms with Crippen LogP contribution in [-0.2, 0) is 16.2 Å². The fourth-order valence-corrected chi connectivity index (χ4v) is 3.48. The summed E-state index contributed by atoms with van der Waals surface area (Å²) >= 11 is 8.04. The Bertz CT molecular complexity index is 652. The molecule has 3 nitrogen and oxygen atoms in total. The third kappa shape index (κ3) is 2.33. The number of hydrogen-bond donors (Lipinski definition) is 0. The lowest BCUT2D eigenvalue weighted by Crippen LogP contribution is -2.37. The number of rotatable bonds is 2. The predicted octanol–water partition coefficient (Wildman–Crippen LogP) is 4.04. The number of hydrogen-bond acceptors (Lipinski definition) is 2. The molecule has 1 saturated heterocycles. The van der Waals surface area contributed by atoms with Crippen LogP contribution in [0.25, 0.3) is 11.0 Å². The first kappa shape index (κ1) is 14.5. The highest BCUT2D eigenvalue weighted by atomic mass is 127. The number of nitrogens with zero attached hydrogens (tertiary/aromatic N) is 2. The molecule has 0 N–H and O–H groups in total. The number of halogens is 3. The van der Waals surface area contributed by atoms with Crippen molar-refractivity contribution in [2.75, 3.05) is 13.2 Å². The van der Waals surface area contributed by atoms with Gasteiger partial charge in [0, 0.05) is 24.8 Å².